The van der Waals surface area contributed by atoms with E-state index in [2.05, 4.69) is 15.0 Å². The van der Waals surface area contributed by atoms with Crippen LogP contribution in [0.2, 0.25) is 0 Å². The molecule has 5 heteroatoms. The van der Waals surface area contributed by atoms with E-state index in [9.17, 15) is 9.90 Å². The average Bonchev–Trinajstić information content (AvgIpc) is 2.82. The number of nitrogens with zero attached hydrogens (tertiary/aromatic N) is 2. The summed E-state index contributed by atoms with van der Waals surface area (Å²) in [6, 6.07) is 7.84. The molecule has 0 radical (unpaired) electrons. The number of nitrogens with one attached hydrogen (secondary N) is 1. The highest BCUT2D eigenvalue weighted by atomic mass is 16.4. The molecule has 0 spiro atoms. The normalized spacial score (nSPS) is 10.9. The van der Waals surface area contributed by atoms with Crippen LogP contribution in [0.4, 0.5) is 0 Å². The van der Waals surface area contributed by atoms with Gasteiger partial charge in [0.1, 0.15) is 11.5 Å². The molecule has 0 unspecified atom stereocenters. The molecule has 0 bridgehead atoms. The molecule has 0 aliphatic carbocycles. The molecule has 3 aromatic rings. The van der Waals surface area contributed by atoms with Gasteiger partial charge in [0.15, 0.2) is 0 Å². The summed E-state index contributed by atoms with van der Waals surface area (Å²) in [6.45, 7) is 3.79. The Bertz CT molecular complexity index is 804. The van der Waals surface area contributed by atoms with Crippen LogP contribution in [-0.2, 0) is 0 Å². The lowest BCUT2D eigenvalue weighted by Crippen LogP contribution is -1.98. The molecule has 0 fully saturated rings. The molecule has 0 aliphatic rings. The van der Waals surface area contributed by atoms with Crippen LogP contribution in [-0.4, -0.2) is 26.0 Å². The van der Waals surface area contributed by atoms with E-state index in [4.69, 9.17) is 0 Å². The topological polar surface area (TPSA) is 78.9 Å². The second kappa shape index (κ2) is 4.45. The summed E-state index contributed by atoms with van der Waals surface area (Å²) in [5, 5.41) is 9.83. The van der Waals surface area contributed by atoms with Gasteiger partial charge in [0, 0.05) is 11.8 Å². The summed E-state index contributed by atoms with van der Waals surface area (Å²) in [4.78, 5) is 22.9. The highest BCUT2D eigenvalue weighted by Gasteiger charge is 2.18. The molecule has 0 saturated carbocycles. The number of hydrogen-bond donors (Lipinski definition) is 2. The Morgan fingerprint density at radius 2 is 1.85 bits per heavy atom. The van der Waals surface area contributed by atoms with E-state index in [1.54, 1.807) is 6.92 Å². The number of aromatic amines is 1. The summed E-state index contributed by atoms with van der Waals surface area (Å²) >= 11 is 0. The Morgan fingerprint density at radius 1 is 1.15 bits per heavy atom. The summed E-state index contributed by atoms with van der Waals surface area (Å²) in [7, 11) is 0. The Kier molecular flexibility index (Phi) is 2.75. The van der Waals surface area contributed by atoms with Gasteiger partial charge in [0.05, 0.1) is 16.6 Å². The first-order valence-electron chi connectivity index (χ1n) is 6.22. The maximum atomic E-state index is 11.3. The van der Waals surface area contributed by atoms with E-state index in [1.165, 1.54) is 6.20 Å². The monoisotopic (exact) mass is 267 g/mol. The summed E-state index contributed by atoms with van der Waals surface area (Å²) in [6.07, 6.45) is 1.46. The van der Waals surface area contributed by atoms with Gasteiger partial charge in [-0.1, -0.05) is 29.8 Å². The van der Waals surface area contributed by atoms with Crippen LogP contribution in [0, 0.1) is 13.8 Å². The highest BCUT2D eigenvalue weighted by Crippen LogP contribution is 2.29. The predicted octanol–water partition coefficient (Wildman–Crippen LogP) is 2.94. The quantitative estimate of drug-likeness (QED) is 0.748. The molecule has 100 valence electrons. The van der Waals surface area contributed by atoms with Crippen molar-refractivity contribution in [1.29, 1.82) is 0 Å². The Labute approximate surface area is 115 Å². The summed E-state index contributed by atoms with van der Waals surface area (Å²) < 4.78 is 0. The molecule has 20 heavy (non-hydrogen) atoms. The van der Waals surface area contributed by atoms with Crippen molar-refractivity contribution in [3.8, 4) is 11.3 Å². The minimum atomic E-state index is -0.989. The Morgan fingerprint density at radius 3 is 2.50 bits per heavy atom. The lowest BCUT2D eigenvalue weighted by molar-refractivity contribution is 0.0699. The number of fused-ring (bicyclic) bond motifs is 1. The average molecular weight is 267 g/mol. The number of H-pyrrole nitrogens is 1. The second-order valence-electron chi connectivity index (χ2n) is 4.72. The SMILES string of the molecule is Cc1ccc(-c2nc(C)nc3[nH]cc(C(=O)O)c23)cc1. The number of aromatic carboxylic acids is 1. The number of hydrogen-bond acceptors (Lipinski definition) is 3. The van der Waals surface area contributed by atoms with Crippen LogP contribution in [0.3, 0.4) is 0 Å². The van der Waals surface area contributed by atoms with Crippen molar-refractivity contribution in [2.45, 2.75) is 13.8 Å². The third-order valence-electron chi connectivity index (χ3n) is 3.20. The lowest BCUT2D eigenvalue weighted by Gasteiger charge is -2.05. The number of benzene rings is 1. The van der Waals surface area contributed by atoms with E-state index in [0.717, 1.165) is 11.1 Å². The van der Waals surface area contributed by atoms with Crippen LogP contribution < -0.4 is 0 Å². The van der Waals surface area contributed by atoms with Gasteiger partial charge in [-0.2, -0.15) is 0 Å². The first-order valence-corrected chi connectivity index (χ1v) is 6.22. The van der Waals surface area contributed by atoms with E-state index in [-0.39, 0.29) is 5.56 Å². The first kappa shape index (κ1) is 12.3. The van der Waals surface area contributed by atoms with Gasteiger partial charge >= 0.3 is 5.97 Å². The number of rotatable bonds is 2. The van der Waals surface area contributed by atoms with Crippen LogP contribution in [0.1, 0.15) is 21.7 Å². The molecular weight excluding hydrogens is 254 g/mol. The van der Waals surface area contributed by atoms with Crippen molar-refractivity contribution >= 4 is 17.0 Å². The molecule has 1 aromatic carbocycles. The minimum absolute atomic E-state index is 0.190. The van der Waals surface area contributed by atoms with Gasteiger partial charge in [-0.15, -0.1) is 0 Å². The Balaban J connectivity index is 2.35. The van der Waals surface area contributed by atoms with E-state index >= 15 is 0 Å². The fourth-order valence-corrected chi connectivity index (χ4v) is 2.23. The van der Waals surface area contributed by atoms with Crippen molar-refractivity contribution in [2.75, 3.05) is 0 Å². The molecule has 2 N–H and O–H groups in total. The minimum Gasteiger partial charge on any atom is -0.478 e. The summed E-state index contributed by atoms with van der Waals surface area (Å²) in [5.41, 5.74) is 3.41. The van der Waals surface area contributed by atoms with Gasteiger partial charge in [0.25, 0.3) is 0 Å². The number of aromatic nitrogens is 3. The van der Waals surface area contributed by atoms with Crippen LogP contribution in [0.25, 0.3) is 22.3 Å². The molecule has 0 amide bonds. The number of carbonyl (C=O) groups is 1. The van der Waals surface area contributed by atoms with Crippen LogP contribution in [0.15, 0.2) is 30.5 Å². The first-order chi connectivity index (χ1) is 9.56. The third kappa shape index (κ3) is 1.93. The van der Waals surface area contributed by atoms with Gasteiger partial charge in [0.2, 0.25) is 0 Å². The largest absolute Gasteiger partial charge is 0.478 e. The van der Waals surface area contributed by atoms with Gasteiger partial charge < -0.3 is 10.1 Å². The van der Waals surface area contributed by atoms with Gasteiger partial charge in [-0.25, -0.2) is 14.8 Å². The zero-order valence-electron chi connectivity index (χ0n) is 11.1. The number of aryl methyl sites for hydroxylation is 2. The maximum absolute atomic E-state index is 11.3. The Hall–Kier alpha value is -2.69. The fraction of sp³-hybridized carbons (Fsp3) is 0.133. The molecule has 5 nitrogen and oxygen atoms in total. The van der Waals surface area contributed by atoms with Crippen molar-refractivity contribution in [2.24, 2.45) is 0 Å². The molecular formula is C15H13N3O2. The van der Waals surface area contributed by atoms with Crippen molar-refractivity contribution < 1.29 is 9.90 Å². The smallest absolute Gasteiger partial charge is 0.338 e. The van der Waals surface area contributed by atoms with Crippen molar-refractivity contribution in [3.63, 3.8) is 0 Å². The molecule has 2 aromatic heterocycles. The number of carboxylic acid groups (broad SMARTS) is 1. The van der Waals surface area contributed by atoms with Crippen molar-refractivity contribution in [3.05, 3.63) is 47.4 Å². The van der Waals surface area contributed by atoms with E-state index in [1.807, 2.05) is 31.2 Å². The second-order valence-corrected chi connectivity index (χ2v) is 4.72. The van der Waals surface area contributed by atoms with Gasteiger partial charge in [-0.05, 0) is 13.8 Å². The van der Waals surface area contributed by atoms with E-state index in [0.29, 0.717) is 22.6 Å². The molecule has 0 saturated heterocycles. The van der Waals surface area contributed by atoms with Crippen LogP contribution >= 0.6 is 0 Å². The molecule has 0 atom stereocenters. The zero-order chi connectivity index (χ0) is 14.3. The van der Waals surface area contributed by atoms with Crippen LogP contribution in [0.5, 0.6) is 0 Å². The molecule has 0 aliphatic heterocycles. The highest BCUT2D eigenvalue weighted by molar-refractivity contribution is 6.07. The molecule has 2 heterocycles. The maximum Gasteiger partial charge on any atom is 0.338 e. The summed E-state index contributed by atoms with van der Waals surface area (Å²) in [5.74, 6) is -0.385. The lowest BCUT2D eigenvalue weighted by atomic mass is 10.0. The van der Waals surface area contributed by atoms with Crippen molar-refractivity contribution in [1.82, 2.24) is 15.0 Å². The fourth-order valence-electron chi connectivity index (χ4n) is 2.23. The molecule has 3 rings (SSSR count). The standard InChI is InChI=1S/C15H13N3O2/c1-8-3-5-10(6-4-8)13-12-11(15(19)20)7-16-14(12)18-9(2)17-13/h3-7H,1-2H3,(H,19,20)(H,16,17,18). The van der Waals surface area contributed by atoms with E-state index < -0.39 is 5.97 Å². The zero-order valence-corrected chi connectivity index (χ0v) is 11.1. The number of carboxylic acids is 1. The third-order valence-corrected chi connectivity index (χ3v) is 3.20. The predicted molar refractivity (Wildman–Crippen MR) is 75.8 cm³/mol. The van der Waals surface area contributed by atoms with Gasteiger partial charge in [-0.3, -0.25) is 0 Å².